The number of aromatic nitrogens is 3. The fourth-order valence-electron chi connectivity index (χ4n) is 2.50. The Morgan fingerprint density at radius 2 is 2.43 bits per heavy atom. The fourth-order valence-corrected chi connectivity index (χ4v) is 3.31. The van der Waals surface area contributed by atoms with Crippen molar-refractivity contribution < 1.29 is 14.9 Å². The minimum atomic E-state index is -0.886. The minimum absolute atomic E-state index is 0.0479. The Hall–Kier alpha value is -1.55. The summed E-state index contributed by atoms with van der Waals surface area (Å²) in [6.45, 7) is 1.83. The lowest BCUT2D eigenvalue weighted by Gasteiger charge is -2.18. The van der Waals surface area contributed by atoms with Crippen LogP contribution in [-0.2, 0) is 4.74 Å². The molecule has 3 heterocycles. The Kier molecular flexibility index (Phi) is 3.66. The number of nitrogen functional groups attached to an aromatic ring is 1. The van der Waals surface area contributed by atoms with E-state index in [0.29, 0.717) is 16.8 Å². The van der Waals surface area contributed by atoms with Crippen LogP contribution in [0.25, 0.3) is 10.3 Å². The van der Waals surface area contributed by atoms with Gasteiger partial charge in [-0.2, -0.15) is 4.98 Å². The van der Waals surface area contributed by atoms with Crippen molar-refractivity contribution in [2.75, 3.05) is 5.73 Å². The van der Waals surface area contributed by atoms with E-state index >= 15 is 0 Å². The second-order valence-corrected chi connectivity index (χ2v) is 5.99. The first-order valence-electron chi connectivity index (χ1n) is 6.66. The molecule has 0 radical (unpaired) electrons. The smallest absolute Gasteiger partial charge is 0.311 e. The fraction of sp³-hybridized carbons (Fsp3) is 0.583. The Morgan fingerprint density at radius 1 is 1.67 bits per heavy atom. The molecule has 8 nitrogen and oxygen atoms in total. The van der Waals surface area contributed by atoms with Gasteiger partial charge in [-0.1, -0.05) is 18.3 Å². The van der Waals surface area contributed by atoms with Gasteiger partial charge in [0.1, 0.15) is 6.10 Å². The first-order valence-corrected chi connectivity index (χ1v) is 7.48. The summed E-state index contributed by atoms with van der Waals surface area (Å²) in [7, 11) is 0. The molecule has 0 amide bonds. The Labute approximate surface area is 123 Å². The molecular formula is C12H16N4O4S. The van der Waals surface area contributed by atoms with E-state index < -0.39 is 24.5 Å². The maximum Gasteiger partial charge on any atom is 0.311 e. The third-order valence-corrected chi connectivity index (χ3v) is 4.48. The number of ether oxygens (including phenoxy) is 1. The summed E-state index contributed by atoms with van der Waals surface area (Å²) in [4.78, 5) is 19.7. The third-order valence-electron chi connectivity index (χ3n) is 3.60. The number of nitrogens with two attached hydrogens (primary N) is 1. The third kappa shape index (κ3) is 2.42. The van der Waals surface area contributed by atoms with E-state index in [1.807, 2.05) is 6.92 Å². The second-order valence-electron chi connectivity index (χ2n) is 5.00. The number of anilines is 1. The van der Waals surface area contributed by atoms with Crippen LogP contribution in [0.3, 0.4) is 0 Å². The van der Waals surface area contributed by atoms with E-state index in [4.69, 9.17) is 10.5 Å². The standard InChI is InChI=1S/C12H16N4O4S/c1-2-5(17)7-3-6(18)10(20-7)16-9-8(21-12(16)19)4-14-11(13)15-9/h4-7,10,17-18H,2-3H2,1H3,(H2,13,14,15)/t5?,6-,7+,10-/m1/s1. The van der Waals surface area contributed by atoms with E-state index in [9.17, 15) is 15.0 Å². The molecule has 0 aromatic carbocycles. The number of fused-ring (bicyclic) bond motifs is 1. The van der Waals surface area contributed by atoms with Crippen molar-refractivity contribution >= 4 is 27.6 Å². The van der Waals surface area contributed by atoms with Gasteiger partial charge in [0, 0.05) is 6.42 Å². The maximum absolute atomic E-state index is 12.1. The Bertz CT molecular complexity index is 715. The van der Waals surface area contributed by atoms with Crippen LogP contribution in [0.1, 0.15) is 26.0 Å². The molecule has 4 atom stereocenters. The molecule has 114 valence electrons. The van der Waals surface area contributed by atoms with Gasteiger partial charge in [-0.05, 0) is 6.42 Å². The van der Waals surface area contributed by atoms with Crippen LogP contribution in [0, 0.1) is 0 Å². The van der Waals surface area contributed by atoms with Crippen LogP contribution in [0.4, 0.5) is 5.95 Å². The van der Waals surface area contributed by atoms with Crippen molar-refractivity contribution in [3.8, 4) is 0 Å². The number of aliphatic hydroxyl groups excluding tert-OH is 2. The first-order chi connectivity index (χ1) is 10.0. The lowest BCUT2D eigenvalue weighted by Crippen LogP contribution is -2.28. The number of nitrogens with zero attached hydrogens (tertiary/aromatic N) is 3. The average Bonchev–Trinajstić information content (AvgIpc) is 2.97. The van der Waals surface area contributed by atoms with Crippen LogP contribution in [0.2, 0.25) is 0 Å². The highest BCUT2D eigenvalue weighted by Crippen LogP contribution is 2.32. The summed E-state index contributed by atoms with van der Waals surface area (Å²) < 4.78 is 7.52. The van der Waals surface area contributed by atoms with Gasteiger partial charge >= 0.3 is 4.87 Å². The molecule has 1 saturated heterocycles. The lowest BCUT2D eigenvalue weighted by molar-refractivity contribution is -0.0752. The SMILES string of the molecule is CCC(O)[C@@H]1C[C@@H](O)[C@H](n2c(=O)sc3cnc(N)nc32)O1. The van der Waals surface area contributed by atoms with Gasteiger partial charge in [0.2, 0.25) is 5.95 Å². The van der Waals surface area contributed by atoms with Crippen LogP contribution >= 0.6 is 11.3 Å². The summed E-state index contributed by atoms with van der Waals surface area (Å²) in [6.07, 6.45) is -0.682. The zero-order valence-corrected chi connectivity index (χ0v) is 12.2. The van der Waals surface area contributed by atoms with E-state index in [2.05, 4.69) is 9.97 Å². The molecule has 21 heavy (non-hydrogen) atoms. The van der Waals surface area contributed by atoms with E-state index in [0.717, 1.165) is 11.3 Å². The maximum atomic E-state index is 12.1. The molecule has 2 aromatic rings. The Morgan fingerprint density at radius 3 is 3.14 bits per heavy atom. The van der Waals surface area contributed by atoms with Gasteiger partial charge in [-0.15, -0.1) is 0 Å². The summed E-state index contributed by atoms with van der Waals surface area (Å²) >= 11 is 0.965. The van der Waals surface area contributed by atoms with Gasteiger partial charge in [-0.25, -0.2) is 4.98 Å². The number of hydrogen-bond donors (Lipinski definition) is 3. The van der Waals surface area contributed by atoms with Crippen molar-refractivity contribution in [1.82, 2.24) is 14.5 Å². The van der Waals surface area contributed by atoms with Gasteiger partial charge in [-0.3, -0.25) is 9.36 Å². The van der Waals surface area contributed by atoms with Gasteiger partial charge < -0.3 is 20.7 Å². The summed E-state index contributed by atoms with van der Waals surface area (Å²) in [6, 6.07) is 0. The molecule has 1 aliphatic rings. The van der Waals surface area contributed by atoms with Gasteiger partial charge in [0.15, 0.2) is 11.9 Å². The van der Waals surface area contributed by atoms with Crippen LogP contribution in [0.15, 0.2) is 11.0 Å². The predicted octanol–water partition coefficient (Wildman–Crippen LogP) is -0.146. The van der Waals surface area contributed by atoms with Gasteiger partial charge in [0.25, 0.3) is 0 Å². The number of aliphatic hydroxyl groups is 2. The quantitative estimate of drug-likeness (QED) is 0.720. The highest BCUT2D eigenvalue weighted by molar-refractivity contribution is 7.16. The monoisotopic (exact) mass is 312 g/mol. The molecule has 2 aromatic heterocycles. The summed E-state index contributed by atoms with van der Waals surface area (Å²) in [5, 5.41) is 20.0. The number of hydrogen-bond acceptors (Lipinski definition) is 8. The molecular weight excluding hydrogens is 296 g/mol. The van der Waals surface area contributed by atoms with Crippen molar-refractivity contribution in [1.29, 1.82) is 0 Å². The molecule has 0 spiro atoms. The highest BCUT2D eigenvalue weighted by atomic mass is 32.1. The molecule has 9 heteroatoms. The van der Waals surface area contributed by atoms with Crippen molar-refractivity contribution in [2.24, 2.45) is 0 Å². The van der Waals surface area contributed by atoms with E-state index in [-0.39, 0.29) is 17.2 Å². The Balaban J connectivity index is 2.02. The average molecular weight is 312 g/mol. The zero-order valence-electron chi connectivity index (χ0n) is 11.3. The predicted molar refractivity (Wildman–Crippen MR) is 76.9 cm³/mol. The molecule has 4 N–H and O–H groups in total. The molecule has 1 aliphatic heterocycles. The van der Waals surface area contributed by atoms with Crippen LogP contribution in [0.5, 0.6) is 0 Å². The number of thiazole rings is 1. The molecule has 1 unspecified atom stereocenters. The zero-order chi connectivity index (χ0) is 15.1. The normalized spacial score (nSPS) is 27.3. The van der Waals surface area contributed by atoms with Crippen molar-refractivity contribution in [3.63, 3.8) is 0 Å². The first kappa shape index (κ1) is 14.4. The minimum Gasteiger partial charge on any atom is -0.390 e. The topological polar surface area (TPSA) is 123 Å². The molecule has 0 bridgehead atoms. The summed E-state index contributed by atoms with van der Waals surface area (Å²) in [5.41, 5.74) is 5.90. The van der Waals surface area contributed by atoms with E-state index in [1.54, 1.807) is 0 Å². The molecule has 3 rings (SSSR count). The number of rotatable bonds is 3. The molecule has 0 saturated carbocycles. The van der Waals surface area contributed by atoms with E-state index in [1.165, 1.54) is 10.8 Å². The highest BCUT2D eigenvalue weighted by Gasteiger charge is 2.39. The largest absolute Gasteiger partial charge is 0.390 e. The molecule has 0 aliphatic carbocycles. The van der Waals surface area contributed by atoms with Gasteiger partial charge in [0.05, 0.1) is 23.1 Å². The second kappa shape index (κ2) is 5.34. The summed E-state index contributed by atoms with van der Waals surface area (Å²) in [5.74, 6) is 0.0479. The van der Waals surface area contributed by atoms with Crippen LogP contribution in [-0.4, -0.2) is 43.1 Å². The van der Waals surface area contributed by atoms with Crippen molar-refractivity contribution in [2.45, 2.75) is 44.3 Å². The lowest BCUT2D eigenvalue weighted by atomic mass is 10.1. The van der Waals surface area contributed by atoms with Crippen molar-refractivity contribution in [3.05, 3.63) is 15.9 Å². The molecule has 1 fully saturated rings. The van der Waals surface area contributed by atoms with Crippen LogP contribution < -0.4 is 10.6 Å².